The Balaban J connectivity index is 1.90. The summed E-state index contributed by atoms with van der Waals surface area (Å²) < 4.78 is 10.0. The van der Waals surface area contributed by atoms with Gasteiger partial charge in [-0.25, -0.2) is 9.59 Å². The number of Topliss-reactive ketones (excluding diaryl/α,β-unsaturated/α-hetero) is 2. The predicted molar refractivity (Wildman–Crippen MR) is 82.8 cm³/mol. The Kier molecular flexibility index (Phi) is 6.06. The number of esters is 1. The molecule has 0 radical (unpaired) electrons. The lowest BCUT2D eigenvalue weighted by Gasteiger charge is -2.19. The fraction of sp³-hybridized carbons (Fsp3) is 0.412. The highest BCUT2D eigenvalue weighted by molar-refractivity contribution is 5.91. The lowest BCUT2D eigenvalue weighted by Crippen LogP contribution is -2.39. The Morgan fingerprint density at radius 3 is 2.58 bits per heavy atom. The molecule has 1 fully saturated rings. The van der Waals surface area contributed by atoms with Crippen LogP contribution in [0.25, 0.3) is 0 Å². The van der Waals surface area contributed by atoms with Crippen LogP contribution in [0.5, 0.6) is 0 Å². The summed E-state index contributed by atoms with van der Waals surface area (Å²) in [6.45, 7) is 1.22. The molecule has 128 valence electrons. The molecule has 7 nitrogen and oxygen atoms in total. The molecule has 0 aliphatic carbocycles. The number of ketones is 2. The number of cyclic esters (lactones) is 1. The van der Waals surface area contributed by atoms with Gasteiger partial charge in [0, 0.05) is 19.3 Å². The van der Waals surface area contributed by atoms with Crippen LogP contribution in [0, 0.1) is 0 Å². The number of carbonyl (C=O) groups excluding carboxylic acids is 4. The number of hydrogen-bond acceptors (Lipinski definition) is 6. The van der Waals surface area contributed by atoms with Gasteiger partial charge in [0.25, 0.3) is 0 Å². The SMILES string of the molecule is CC(=O)CCC(=O)C[C@H]1C(=O)OCN1C(=O)OCc1ccccc1. The summed E-state index contributed by atoms with van der Waals surface area (Å²) in [5.41, 5.74) is 0.811. The Bertz CT molecular complexity index is 627. The summed E-state index contributed by atoms with van der Waals surface area (Å²) in [5, 5.41) is 0. The molecule has 1 aromatic rings. The van der Waals surface area contributed by atoms with Crippen molar-refractivity contribution < 1.29 is 28.7 Å². The van der Waals surface area contributed by atoms with E-state index in [1.165, 1.54) is 6.92 Å². The van der Waals surface area contributed by atoms with E-state index in [9.17, 15) is 19.2 Å². The largest absolute Gasteiger partial charge is 0.444 e. The molecule has 1 amide bonds. The molecule has 1 aromatic carbocycles. The molecule has 1 aliphatic rings. The van der Waals surface area contributed by atoms with Crippen LogP contribution in [0.1, 0.15) is 31.7 Å². The minimum Gasteiger partial charge on any atom is -0.444 e. The number of carbonyl (C=O) groups is 4. The maximum atomic E-state index is 12.1. The van der Waals surface area contributed by atoms with E-state index in [0.29, 0.717) is 0 Å². The highest BCUT2D eigenvalue weighted by atomic mass is 16.6. The zero-order valence-corrected chi connectivity index (χ0v) is 13.4. The van der Waals surface area contributed by atoms with Crippen molar-refractivity contribution in [2.75, 3.05) is 6.73 Å². The van der Waals surface area contributed by atoms with Crippen molar-refractivity contribution >= 4 is 23.6 Å². The fourth-order valence-electron chi connectivity index (χ4n) is 2.26. The molecule has 1 heterocycles. The van der Waals surface area contributed by atoms with E-state index >= 15 is 0 Å². The zero-order valence-electron chi connectivity index (χ0n) is 13.4. The molecule has 1 saturated heterocycles. The molecule has 24 heavy (non-hydrogen) atoms. The molecule has 1 atom stereocenters. The lowest BCUT2D eigenvalue weighted by molar-refractivity contribution is -0.140. The molecule has 0 unspecified atom stereocenters. The molecule has 0 N–H and O–H groups in total. The average molecular weight is 333 g/mol. The molecule has 0 bridgehead atoms. The van der Waals surface area contributed by atoms with Crippen molar-refractivity contribution in [2.45, 2.75) is 38.8 Å². The number of rotatable bonds is 7. The predicted octanol–water partition coefficient (Wildman–Crippen LogP) is 1.84. The van der Waals surface area contributed by atoms with Crippen LogP contribution in [0.2, 0.25) is 0 Å². The van der Waals surface area contributed by atoms with Gasteiger partial charge in [-0.2, -0.15) is 0 Å². The smallest absolute Gasteiger partial charge is 0.413 e. The minimum atomic E-state index is -0.993. The molecular weight excluding hydrogens is 314 g/mol. The topological polar surface area (TPSA) is 90.0 Å². The summed E-state index contributed by atoms with van der Waals surface area (Å²) >= 11 is 0. The summed E-state index contributed by atoms with van der Waals surface area (Å²) in [7, 11) is 0. The van der Waals surface area contributed by atoms with E-state index in [4.69, 9.17) is 9.47 Å². The fourth-order valence-corrected chi connectivity index (χ4v) is 2.26. The second-order valence-electron chi connectivity index (χ2n) is 5.56. The van der Waals surface area contributed by atoms with E-state index < -0.39 is 18.1 Å². The third-order valence-corrected chi connectivity index (χ3v) is 3.61. The van der Waals surface area contributed by atoms with Crippen LogP contribution < -0.4 is 0 Å². The normalized spacial score (nSPS) is 16.6. The highest BCUT2D eigenvalue weighted by Gasteiger charge is 2.39. The van der Waals surface area contributed by atoms with Gasteiger partial charge < -0.3 is 14.3 Å². The number of ether oxygens (including phenoxy) is 2. The van der Waals surface area contributed by atoms with Crippen molar-refractivity contribution in [1.82, 2.24) is 4.90 Å². The Morgan fingerprint density at radius 2 is 1.92 bits per heavy atom. The van der Waals surface area contributed by atoms with Crippen molar-refractivity contribution in [3.63, 3.8) is 0 Å². The van der Waals surface area contributed by atoms with E-state index in [0.717, 1.165) is 10.5 Å². The van der Waals surface area contributed by atoms with Gasteiger partial charge in [-0.05, 0) is 12.5 Å². The Hall–Kier alpha value is -2.70. The van der Waals surface area contributed by atoms with Gasteiger partial charge in [-0.3, -0.25) is 9.69 Å². The number of amides is 1. The number of nitrogens with zero attached hydrogens (tertiary/aromatic N) is 1. The first-order chi connectivity index (χ1) is 11.5. The standard InChI is InChI=1S/C17H19NO6/c1-12(19)7-8-14(20)9-15-16(21)24-11-18(15)17(22)23-10-13-5-3-2-4-6-13/h2-6,15H,7-11H2,1H3/t15-/m0/s1. The zero-order chi connectivity index (χ0) is 17.5. The van der Waals surface area contributed by atoms with E-state index in [1.807, 2.05) is 30.3 Å². The quantitative estimate of drug-likeness (QED) is 0.707. The monoisotopic (exact) mass is 333 g/mol. The molecule has 0 saturated carbocycles. The van der Waals surface area contributed by atoms with Crippen molar-refractivity contribution in [3.05, 3.63) is 35.9 Å². The van der Waals surface area contributed by atoms with Crippen LogP contribution in [-0.2, 0) is 30.5 Å². The average Bonchev–Trinajstić information content (AvgIpc) is 2.92. The number of hydrogen-bond donors (Lipinski definition) is 0. The van der Waals surface area contributed by atoms with Crippen LogP contribution in [0.15, 0.2) is 30.3 Å². The van der Waals surface area contributed by atoms with Crippen LogP contribution in [0.4, 0.5) is 4.79 Å². The van der Waals surface area contributed by atoms with E-state index in [1.54, 1.807) is 0 Å². The van der Waals surface area contributed by atoms with Gasteiger partial charge in [-0.1, -0.05) is 30.3 Å². The maximum Gasteiger partial charge on any atom is 0.413 e. The summed E-state index contributed by atoms with van der Waals surface area (Å²) in [6.07, 6.45) is -0.716. The van der Waals surface area contributed by atoms with Gasteiger partial charge in [0.2, 0.25) is 0 Å². The maximum absolute atomic E-state index is 12.1. The van der Waals surface area contributed by atoms with E-state index in [-0.39, 0.29) is 44.2 Å². The number of benzene rings is 1. The molecule has 0 aromatic heterocycles. The van der Waals surface area contributed by atoms with Crippen LogP contribution >= 0.6 is 0 Å². The first-order valence-electron chi connectivity index (χ1n) is 7.62. The molecular formula is C17H19NO6. The second-order valence-corrected chi connectivity index (χ2v) is 5.56. The third kappa shape index (κ3) is 4.91. The summed E-state index contributed by atoms with van der Waals surface area (Å²) in [4.78, 5) is 47.7. The van der Waals surface area contributed by atoms with Gasteiger partial charge in [0.1, 0.15) is 24.2 Å². The highest BCUT2D eigenvalue weighted by Crippen LogP contribution is 2.18. The molecule has 0 spiro atoms. The van der Waals surface area contributed by atoms with E-state index in [2.05, 4.69) is 0 Å². The molecule has 2 rings (SSSR count). The molecule has 1 aliphatic heterocycles. The van der Waals surface area contributed by atoms with Gasteiger partial charge in [0.05, 0.1) is 0 Å². The van der Waals surface area contributed by atoms with Gasteiger partial charge in [-0.15, -0.1) is 0 Å². The first-order valence-corrected chi connectivity index (χ1v) is 7.62. The Morgan fingerprint density at radius 1 is 1.21 bits per heavy atom. The van der Waals surface area contributed by atoms with Crippen LogP contribution in [-0.4, -0.2) is 41.3 Å². The lowest BCUT2D eigenvalue weighted by atomic mass is 10.1. The van der Waals surface area contributed by atoms with Gasteiger partial charge >= 0.3 is 12.1 Å². The van der Waals surface area contributed by atoms with Crippen LogP contribution in [0.3, 0.4) is 0 Å². The molecule has 7 heteroatoms. The van der Waals surface area contributed by atoms with Crippen molar-refractivity contribution in [2.24, 2.45) is 0 Å². The Labute approximate surface area is 139 Å². The summed E-state index contributed by atoms with van der Waals surface area (Å²) in [5.74, 6) is -1.01. The van der Waals surface area contributed by atoms with Crippen molar-refractivity contribution in [3.8, 4) is 0 Å². The summed E-state index contributed by atoms with van der Waals surface area (Å²) in [6, 6.07) is 8.11. The first kappa shape index (κ1) is 17.7. The van der Waals surface area contributed by atoms with Crippen molar-refractivity contribution in [1.29, 1.82) is 0 Å². The second kappa shape index (κ2) is 8.24. The minimum absolute atomic E-state index is 0.0476. The van der Waals surface area contributed by atoms with Gasteiger partial charge in [0.15, 0.2) is 6.73 Å². The third-order valence-electron chi connectivity index (χ3n) is 3.61.